The van der Waals surface area contributed by atoms with Crippen molar-refractivity contribution in [3.8, 4) is 0 Å². The second-order valence-corrected chi connectivity index (χ2v) is 3.86. The van der Waals surface area contributed by atoms with Crippen molar-refractivity contribution in [1.82, 2.24) is 0 Å². The van der Waals surface area contributed by atoms with E-state index in [1.165, 1.54) is 0 Å². The molecule has 16 heavy (non-hydrogen) atoms. The van der Waals surface area contributed by atoms with E-state index in [2.05, 4.69) is 4.79 Å². The first-order valence-electron chi connectivity index (χ1n) is 5.26. The van der Waals surface area contributed by atoms with Gasteiger partial charge < -0.3 is 10.3 Å². The third-order valence-electron chi connectivity index (χ3n) is 2.49. The molecule has 0 radical (unpaired) electrons. The lowest BCUT2D eigenvalue weighted by Crippen LogP contribution is -2.20. The second-order valence-electron chi connectivity index (χ2n) is 3.86. The predicted octanol–water partition coefficient (Wildman–Crippen LogP) is 1.66. The van der Waals surface area contributed by atoms with Crippen LogP contribution >= 0.6 is 0 Å². The number of carbonyl (C=O) groups excluding carboxylic acids is 1. The van der Waals surface area contributed by atoms with E-state index in [0.717, 1.165) is 12.8 Å². The van der Waals surface area contributed by atoms with Gasteiger partial charge in [-0.15, -0.1) is 0 Å². The quantitative estimate of drug-likeness (QED) is 0.332. The van der Waals surface area contributed by atoms with Gasteiger partial charge in [0, 0.05) is 0 Å². The van der Waals surface area contributed by atoms with Crippen molar-refractivity contribution in [2.75, 3.05) is 6.61 Å². The molecule has 2 rings (SSSR count). The van der Waals surface area contributed by atoms with E-state index in [0.29, 0.717) is 18.1 Å². The highest BCUT2D eigenvalue weighted by Gasteiger charge is 2.28. The second kappa shape index (κ2) is 4.73. The van der Waals surface area contributed by atoms with Crippen LogP contribution in [-0.2, 0) is 9.53 Å². The molecule has 4 nitrogen and oxygen atoms in total. The van der Waals surface area contributed by atoms with Crippen LogP contribution < -0.4 is 0 Å². The minimum Gasteiger partial charge on any atom is -0.457 e. The van der Waals surface area contributed by atoms with Crippen LogP contribution in [0.15, 0.2) is 30.3 Å². The number of esters is 1. The van der Waals surface area contributed by atoms with Crippen molar-refractivity contribution in [3.05, 3.63) is 41.4 Å². The van der Waals surface area contributed by atoms with Gasteiger partial charge in [-0.1, -0.05) is 18.2 Å². The summed E-state index contributed by atoms with van der Waals surface area (Å²) >= 11 is 0. The van der Waals surface area contributed by atoms with Crippen molar-refractivity contribution < 1.29 is 14.3 Å². The first-order chi connectivity index (χ1) is 7.81. The first kappa shape index (κ1) is 10.6. The lowest BCUT2D eigenvalue weighted by Gasteiger charge is -1.99. The van der Waals surface area contributed by atoms with Gasteiger partial charge >= 0.3 is 11.7 Å². The molecule has 1 fully saturated rings. The summed E-state index contributed by atoms with van der Waals surface area (Å²) in [7, 11) is 0. The summed E-state index contributed by atoms with van der Waals surface area (Å²) < 4.78 is 5.04. The Morgan fingerprint density at radius 3 is 2.62 bits per heavy atom. The molecule has 0 bridgehead atoms. The maximum Gasteiger partial charge on any atom is 0.422 e. The number of hydrogen-bond donors (Lipinski definition) is 0. The zero-order valence-corrected chi connectivity index (χ0v) is 8.80. The molecule has 0 heterocycles. The third-order valence-corrected chi connectivity index (χ3v) is 2.49. The van der Waals surface area contributed by atoms with Gasteiger partial charge in [0.2, 0.25) is 0 Å². The van der Waals surface area contributed by atoms with E-state index in [1.54, 1.807) is 24.3 Å². The summed E-state index contributed by atoms with van der Waals surface area (Å²) in [6, 6.07) is 8.78. The molecule has 0 spiro atoms. The van der Waals surface area contributed by atoms with Crippen molar-refractivity contribution >= 4 is 11.7 Å². The minimum atomic E-state index is -0.569. The van der Waals surface area contributed by atoms with Crippen LogP contribution in [0, 0.1) is 5.92 Å². The Hall–Kier alpha value is -1.93. The van der Waals surface area contributed by atoms with Crippen LogP contribution in [0.25, 0.3) is 5.53 Å². The summed E-state index contributed by atoms with van der Waals surface area (Å²) in [5.74, 6) is -0.0692. The average molecular weight is 216 g/mol. The maximum atomic E-state index is 11.6. The van der Waals surface area contributed by atoms with Gasteiger partial charge in [0.25, 0.3) is 0 Å². The molecule has 4 heteroatoms. The van der Waals surface area contributed by atoms with Crippen LogP contribution in [-0.4, -0.2) is 23.1 Å². The van der Waals surface area contributed by atoms with E-state index in [-0.39, 0.29) is 5.71 Å². The lowest BCUT2D eigenvalue weighted by atomic mass is 10.1. The number of carbonyl (C=O) groups is 1. The number of nitrogens with zero attached hydrogens (tertiary/aromatic N) is 2. The smallest absolute Gasteiger partial charge is 0.422 e. The Morgan fingerprint density at radius 2 is 2.06 bits per heavy atom. The zero-order valence-electron chi connectivity index (χ0n) is 8.80. The highest BCUT2D eigenvalue weighted by Crippen LogP contribution is 2.28. The van der Waals surface area contributed by atoms with Crippen LogP contribution in [0.4, 0.5) is 0 Å². The van der Waals surface area contributed by atoms with Crippen LogP contribution in [0.3, 0.4) is 0 Å². The average Bonchev–Trinajstić information content (AvgIpc) is 3.13. The van der Waals surface area contributed by atoms with E-state index < -0.39 is 5.97 Å². The Labute approximate surface area is 93.5 Å². The number of rotatable bonds is 4. The highest BCUT2D eigenvalue weighted by molar-refractivity contribution is 6.40. The predicted molar refractivity (Wildman–Crippen MR) is 57.9 cm³/mol. The van der Waals surface area contributed by atoms with Crippen molar-refractivity contribution in [3.63, 3.8) is 0 Å². The van der Waals surface area contributed by atoms with Crippen molar-refractivity contribution in [2.45, 2.75) is 12.8 Å². The molecule has 0 atom stereocenters. The maximum absolute atomic E-state index is 11.6. The first-order valence-corrected chi connectivity index (χ1v) is 5.26. The van der Waals surface area contributed by atoms with Gasteiger partial charge in [-0.05, 0) is 30.9 Å². The molecule has 0 unspecified atom stereocenters. The fraction of sp³-hybridized carbons (Fsp3) is 0.333. The van der Waals surface area contributed by atoms with Crippen molar-refractivity contribution in [2.24, 2.45) is 5.92 Å². The summed E-state index contributed by atoms with van der Waals surface area (Å²) in [5.41, 5.74) is 9.34. The standard InChI is InChI=1S/C12H12N2O2/c13-14-11(10-4-2-1-3-5-10)12(15)16-8-9-6-7-9/h1-5,9H,6-8H2. The lowest BCUT2D eigenvalue weighted by molar-refractivity contribution is -0.140. The van der Waals surface area contributed by atoms with Crippen molar-refractivity contribution in [1.29, 1.82) is 0 Å². The number of ether oxygens (including phenoxy) is 1. The fourth-order valence-electron chi connectivity index (χ4n) is 1.36. The van der Waals surface area contributed by atoms with E-state index in [9.17, 15) is 4.79 Å². The topological polar surface area (TPSA) is 62.7 Å². The Kier molecular flexibility index (Phi) is 3.13. The zero-order chi connectivity index (χ0) is 11.4. The van der Waals surface area contributed by atoms with E-state index in [1.807, 2.05) is 6.07 Å². The summed E-state index contributed by atoms with van der Waals surface area (Å²) in [5, 5.41) is 0. The monoisotopic (exact) mass is 216 g/mol. The van der Waals surface area contributed by atoms with Crippen LogP contribution in [0.5, 0.6) is 0 Å². The van der Waals surface area contributed by atoms with Gasteiger partial charge in [0.15, 0.2) is 0 Å². The molecule has 0 aromatic heterocycles. The number of hydrogen-bond acceptors (Lipinski definition) is 2. The molecule has 1 aliphatic rings. The minimum absolute atomic E-state index is 0.0405. The van der Waals surface area contributed by atoms with Gasteiger partial charge in [0.1, 0.15) is 0 Å². The van der Waals surface area contributed by atoms with E-state index >= 15 is 0 Å². The molecule has 1 aliphatic carbocycles. The molecular weight excluding hydrogens is 204 g/mol. The molecule has 0 aliphatic heterocycles. The SMILES string of the molecule is [N-]=[N+]=C(C(=O)OCC1CC1)c1ccccc1. The Bertz CT molecular complexity index is 432. The molecule has 1 aromatic carbocycles. The molecule has 82 valence electrons. The molecular formula is C12H12N2O2. The summed E-state index contributed by atoms with van der Waals surface area (Å²) in [4.78, 5) is 14.6. The van der Waals surface area contributed by atoms with Gasteiger partial charge in [0.05, 0.1) is 12.2 Å². The van der Waals surface area contributed by atoms with Gasteiger partial charge in [-0.2, -0.15) is 4.79 Å². The number of benzene rings is 1. The molecule has 0 saturated heterocycles. The molecule has 0 amide bonds. The van der Waals surface area contributed by atoms with Crippen LogP contribution in [0.2, 0.25) is 0 Å². The largest absolute Gasteiger partial charge is 0.457 e. The van der Waals surface area contributed by atoms with Crippen LogP contribution in [0.1, 0.15) is 18.4 Å². The highest BCUT2D eigenvalue weighted by atomic mass is 16.5. The Balaban J connectivity index is 2.04. The molecule has 1 aromatic rings. The fourth-order valence-corrected chi connectivity index (χ4v) is 1.36. The normalized spacial score (nSPS) is 14.0. The summed E-state index contributed by atoms with van der Waals surface area (Å²) in [6.07, 6.45) is 2.23. The van der Waals surface area contributed by atoms with Gasteiger partial charge in [-0.3, -0.25) is 0 Å². The van der Waals surface area contributed by atoms with Gasteiger partial charge in [-0.25, -0.2) is 4.79 Å². The molecule has 0 N–H and O–H groups in total. The molecule has 1 saturated carbocycles. The van der Waals surface area contributed by atoms with E-state index in [4.69, 9.17) is 10.3 Å². The Morgan fingerprint density at radius 1 is 1.38 bits per heavy atom. The summed E-state index contributed by atoms with van der Waals surface area (Å²) in [6.45, 7) is 0.421. The third kappa shape index (κ3) is 2.55.